The lowest BCUT2D eigenvalue weighted by atomic mass is 9.93. The quantitative estimate of drug-likeness (QED) is 0.668. The van der Waals surface area contributed by atoms with Crippen molar-refractivity contribution in [2.75, 3.05) is 26.7 Å². The molecule has 1 saturated heterocycles. The first-order valence-corrected chi connectivity index (χ1v) is 10.1. The number of hydrogen-bond donors (Lipinski definition) is 1. The summed E-state index contributed by atoms with van der Waals surface area (Å²) in [4.78, 5) is 18.1. The standard InChI is InChI=1S/C22H25FN4O3/c1-14-20-19(30-13-17(23)15-8-10-26(2)11-9-15)12-18(22(28)29)24-21(20)27(25-14)16-6-4-3-5-7-16/h3-7,12,15,17H,8-11,13H2,1-2H3,(H,28,29)/t17-/m0/s1. The second-order valence-electron chi connectivity index (χ2n) is 7.81. The van der Waals surface area contributed by atoms with Gasteiger partial charge in [-0.25, -0.2) is 18.9 Å². The molecule has 0 spiro atoms. The van der Waals surface area contributed by atoms with Crippen LogP contribution in [0.25, 0.3) is 16.7 Å². The molecule has 158 valence electrons. The fourth-order valence-electron chi connectivity index (χ4n) is 3.92. The fraction of sp³-hybridized carbons (Fsp3) is 0.409. The molecule has 0 aliphatic carbocycles. The van der Waals surface area contributed by atoms with Gasteiger partial charge in [0.2, 0.25) is 0 Å². The van der Waals surface area contributed by atoms with E-state index in [4.69, 9.17) is 4.74 Å². The Hall–Kier alpha value is -3.00. The third-order valence-electron chi connectivity index (χ3n) is 5.67. The summed E-state index contributed by atoms with van der Waals surface area (Å²) in [5.74, 6) is -0.925. The molecule has 4 rings (SSSR count). The van der Waals surface area contributed by atoms with Crippen LogP contribution in [0.15, 0.2) is 36.4 Å². The Bertz CT molecular complexity index is 1050. The fourth-order valence-corrected chi connectivity index (χ4v) is 3.92. The van der Waals surface area contributed by atoms with Crippen molar-refractivity contribution in [1.82, 2.24) is 19.7 Å². The van der Waals surface area contributed by atoms with E-state index >= 15 is 0 Å². The molecule has 2 aromatic heterocycles. The van der Waals surface area contributed by atoms with Crippen LogP contribution in [-0.2, 0) is 0 Å². The van der Waals surface area contributed by atoms with Crippen LogP contribution in [0.1, 0.15) is 29.0 Å². The summed E-state index contributed by atoms with van der Waals surface area (Å²) in [5.41, 5.74) is 1.61. The Morgan fingerprint density at radius 1 is 1.30 bits per heavy atom. The van der Waals surface area contributed by atoms with Gasteiger partial charge in [0, 0.05) is 6.07 Å². The van der Waals surface area contributed by atoms with Crippen molar-refractivity contribution in [2.24, 2.45) is 5.92 Å². The molecule has 3 aromatic rings. The Morgan fingerprint density at radius 2 is 2.00 bits per heavy atom. The van der Waals surface area contributed by atoms with Crippen molar-refractivity contribution < 1.29 is 19.0 Å². The number of halogens is 1. The zero-order valence-electron chi connectivity index (χ0n) is 17.1. The molecule has 1 aliphatic rings. The number of carbonyl (C=O) groups is 1. The summed E-state index contributed by atoms with van der Waals surface area (Å²) in [6, 6.07) is 10.7. The van der Waals surface area contributed by atoms with E-state index in [1.54, 1.807) is 11.6 Å². The van der Waals surface area contributed by atoms with Crippen molar-refractivity contribution in [3.8, 4) is 11.4 Å². The largest absolute Gasteiger partial charge is 0.490 e. The van der Waals surface area contributed by atoms with E-state index in [1.165, 1.54) is 6.07 Å². The van der Waals surface area contributed by atoms with E-state index in [0.717, 1.165) is 31.6 Å². The highest BCUT2D eigenvalue weighted by molar-refractivity contribution is 5.93. The average molecular weight is 412 g/mol. The maximum absolute atomic E-state index is 14.8. The number of para-hydroxylation sites is 1. The SMILES string of the molecule is Cc1nn(-c2ccccc2)c2nc(C(=O)O)cc(OC[C@H](F)C3CCN(C)CC3)c12. The number of rotatable bonds is 6. The average Bonchev–Trinajstić information content (AvgIpc) is 3.09. The molecule has 30 heavy (non-hydrogen) atoms. The molecule has 7 nitrogen and oxygen atoms in total. The number of fused-ring (bicyclic) bond motifs is 1. The van der Waals surface area contributed by atoms with Crippen LogP contribution >= 0.6 is 0 Å². The number of alkyl halides is 1. The second kappa shape index (κ2) is 8.39. The molecule has 1 atom stereocenters. The van der Waals surface area contributed by atoms with Crippen molar-refractivity contribution in [3.05, 3.63) is 47.8 Å². The summed E-state index contributed by atoms with van der Waals surface area (Å²) in [6.45, 7) is 3.43. The molecular formula is C22H25FN4O3. The van der Waals surface area contributed by atoms with Gasteiger partial charge in [-0.3, -0.25) is 0 Å². The third-order valence-corrected chi connectivity index (χ3v) is 5.67. The number of nitrogens with zero attached hydrogens (tertiary/aromatic N) is 4. The molecular weight excluding hydrogens is 387 g/mol. The summed E-state index contributed by atoms with van der Waals surface area (Å²) in [7, 11) is 2.04. The Morgan fingerprint density at radius 3 is 2.67 bits per heavy atom. The first-order chi connectivity index (χ1) is 14.4. The number of aromatic nitrogens is 3. The van der Waals surface area contributed by atoms with Gasteiger partial charge in [0.1, 0.15) is 18.5 Å². The molecule has 1 fully saturated rings. The number of likely N-dealkylation sites (tertiary alicyclic amines) is 1. The Labute approximate surface area is 174 Å². The number of hydrogen-bond acceptors (Lipinski definition) is 5. The van der Waals surface area contributed by atoms with Gasteiger partial charge < -0.3 is 14.7 Å². The molecule has 1 aliphatic heterocycles. The minimum absolute atomic E-state index is 0.0504. The Balaban J connectivity index is 1.67. The lowest BCUT2D eigenvalue weighted by Gasteiger charge is -2.30. The van der Waals surface area contributed by atoms with Crippen LogP contribution < -0.4 is 4.74 Å². The number of piperidine rings is 1. The monoisotopic (exact) mass is 412 g/mol. The van der Waals surface area contributed by atoms with Crippen LogP contribution in [0.5, 0.6) is 5.75 Å². The van der Waals surface area contributed by atoms with Crippen LogP contribution in [0.2, 0.25) is 0 Å². The maximum Gasteiger partial charge on any atom is 0.354 e. The Kier molecular flexibility index (Phi) is 5.67. The van der Waals surface area contributed by atoms with Gasteiger partial charge in [0.05, 0.1) is 16.8 Å². The summed E-state index contributed by atoms with van der Waals surface area (Å²) >= 11 is 0. The summed E-state index contributed by atoms with van der Waals surface area (Å²) < 4.78 is 22.3. The number of benzene rings is 1. The van der Waals surface area contributed by atoms with Gasteiger partial charge in [0.25, 0.3) is 0 Å². The first-order valence-electron chi connectivity index (χ1n) is 10.1. The smallest absolute Gasteiger partial charge is 0.354 e. The second-order valence-corrected chi connectivity index (χ2v) is 7.81. The number of aryl methyl sites for hydroxylation is 1. The lowest BCUT2D eigenvalue weighted by molar-refractivity contribution is 0.0689. The highest BCUT2D eigenvalue weighted by Crippen LogP contribution is 2.31. The topological polar surface area (TPSA) is 80.5 Å². The van der Waals surface area contributed by atoms with E-state index in [0.29, 0.717) is 22.5 Å². The minimum Gasteiger partial charge on any atom is -0.490 e. The van der Waals surface area contributed by atoms with Gasteiger partial charge in [-0.05, 0) is 58.0 Å². The van der Waals surface area contributed by atoms with Gasteiger partial charge in [-0.1, -0.05) is 18.2 Å². The summed E-state index contributed by atoms with van der Waals surface area (Å²) in [6.07, 6.45) is 0.468. The van der Waals surface area contributed by atoms with E-state index in [-0.39, 0.29) is 18.2 Å². The molecule has 0 saturated carbocycles. The van der Waals surface area contributed by atoms with E-state index in [9.17, 15) is 14.3 Å². The van der Waals surface area contributed by atoms with Crippen molar-refractivity contribution in [1.29, 1.82) is 0 Å². The molecule has 1 N–H and O–H groups in total. The molecule has 1 aromatic carbocycles. The van der Waals surface area contributed by atoms with Crippen LogP contribution in [-0.4, -0.2) is 63.7 Å². The maximum atomic E-state index is 14.8. The van der Waals surface area contributed by atoms with Crippen molar-refractivity contribution >= 4 is 17.0 Å². The highest BCUT2D eigenvalue weighted by atomic mass is 19.1. The summed E-state index contributed by atoms with van der Waals surface area (Å²) in [5, 5.41) is 14.6. The number of carboxylic acid groups (broad SMARTS) is 1. The third kappa shape index (κ3) is 4.00. The van der Waals surface area contributed by atoms with Crippen molar-refractivity contribution in [2.45, 2.75) is 25.9 Å². The minimum atomic E-state index is -1.17. The number of pyridine rings is 1. The van der Waals surface area contributed by atoms with E-state index < -0.39 is 12.1 Å². The predicted molar refractivity (Wildman–Crippen MR) is 111 cm³/mol. The molecule has 0 bridgehead atoms. The van der Waals surface area contributed by atoms with Crippen LogP contribution in [0.3, 0.4) is 0 Å². The number of carboxylic acids is 1. The predicted octanol–water partition coefficient (Wildman–Crippen LogP) is 3.49. The van der Waals surface area contributed by atoms with Crippen LogP contribution in [0, 0.1) is 12.8 Å². The zero-order valence-corrected chi connectivity index (χ0v) is 17.1. The molecule has 8 heteroatoms. The zero-order chi connectivity index (χ0) is 21.3. The number of ether oxygens (including phenoxy) is 1. The molecule has 0 amide bonds. The van der Waals surface area contributed by atoms with Gasteiger partial charge in [-0.15, -0.1) is 0 Å². The highest BCUT2D eigenvalue weighted by Gasteiger charge is 2.27. The van der Waals surface area contributed by atoms with E-state index in [2.05, 4.69) is 15.0 Å². The molecule has 0 radical (unpaired) electrons. The van der Waals surface area contributed by atoms with Crippen molar-refractivity contribution in [3.63, 3.8) is 0 Å². The van der Waals surface area contributed by atoms with Gasteiger partial charge >= 0.3 is 5.97 Å². The van der Waals surface area contributed by atoms with Crippen LogP contribution in [0.4, 0.5) is 4.39 Å². The van der Waals surface area contributed by atoms with E-state index in [1.807, 2.05) is 37.4 Å². The molecule has 0 unspecified atom stereocenters. The normalized spacial score (nSPS) is 16.6. The van der Waals surface area contributed by atoms with Gasteiger partial charge in [-0.2, -0.15) is 5.10 Å². The number of aromatic carboxylic acids is 1. The molecule has 3 heterocycles. The van der Waals surface area contributed by atoms with Gasteiger partial charge in [0.15, 0.2) is 11.3 Å². The first kappa shape index (κ1) is 20.3. The lowest BCUT2D eigenvalue weighted by Crippen LogP contribution is -2.36.